The molecule has 0 amide bonds. The molecule has 1 unspecified atom stereocenters. The predicted octanol–water partition coefficient (Wildman–Crippen LogP) is 3.81. The van der Waals surface area contributed by atoms with Crippen LogP contribution in [-0.4, -0.2) is 25.0 Å². The van der Waals surface area contributed by atoms with Crippen LogP contribution >= 0.6 is 0 Å². The van der Waals surface area contributed by atoms with Crippen LogP contribution in [0.25, 0.3) is 0 Å². The molecule has 112 valence electrons. The minimum absolute atomic E-state index is 0.970. The maximum Gasteiger partial charge on any atom is 0.0236 e. The van der Waals surface area contributed by atoms with Crippen LogP contribution in [0.2, 0.25) is 0 Å². The zero-order valence-electron chi connectivity index (χ0n) is 13.2. The first-order valence-corrected chi connectivity index (χ1v) is 8.27. The average molecular weight is 274 g/mol. The minimum atomic E-state index is 0.970. The predicted molar refractivity (Wildman–Crippen MR) is 86.7 cm³/mol. The Morgan fingerprint density at radius 2 is 1.95 bits per heavy atom. The summed E-state index contributed by atoms with van der Waals surface area (Å²) in [6.07, 6.45) is 6.96. The van der Waals surface area contributed by atoms with E-state index in [1.165, 1.54) is 56.3 Å². The molecule has 0 saturated carbocycles. The highest BCUT2D eigenvalue weighted by atomic mass is 15.1. The molecule has 0 radical (unpaired) electrons. The summed E-state index contributed by atoms with van der Waals surface area (Å²) in [5, 5.41) is 3.28. The Hall–Kier alpha value is -0.860. The summed E-state index contributed by atoms with van der Waals surface area (Å²) in [7, 11) is 2.03. The van der Waals surface area contributed by atoms with Crippen molar-refractivity contribution in [3.63, 3.8) is 0 Å². The number of rotatable bonds is 6. The SMILES string of the molecule is CCCC1CCCN(Cc2ccccc2CNC)CC1. The van der Waals surface area contributed by atoms with Gasteiger partial charge in [0, 0.05) is 13.1 Å². The van der Waals surface area contributed by atoms with Crippen LogP contribution in [0.3, 0.4) is 0 Å². The van der Waals surface area contributed by atoms with Gasteiger partial charge in [0.1, 0.15) is 0 Å². The zero-order valence-corrected chi connectivity index (χ0v) is 13.2. The van der Waals surface area contributed by atoms with Crippen LogP contribution in [0.5, 0.6) is 0 Å². The van der Waals surface area contributed by atoms with E-state index in [1.54, 1.807) is 0 Å². The second-order valence-corrected chi connectivity index (χ2v) is 6.16. The van der Waals surface area contributed by atoms with Gasteiger partial charge in [0.05, 0.1) is 0 Å². The highest BCUT2D eigenvalue weighted by molar-refractivity contribution is 5.26. The van der Waals surface area contributed by atoms with Gasteiger partial charge in [-0.3, -0.25) is 4.90 Å². The van der Waals surface area contributed by atoms with Crippen molar-refractivity contribution in [2.24, 2.45) is 5.92 Å². The van der Waals surface area contributed by atoms with Crippen molar-refractivity contribution in [1.82, 2.24) is 10.2 Å². The van der Waals surface area contributed by atoms with E-state index in [-0.39, 0.29) is 0 Å². The van der Waals surface area contributed by atoms with Gasteiger partial charge in [0.2, 0.25) is 0 Å². The molecule has 2 heteroatoms. The molecule has 0 aromatic heterocycles. The van der Waals surface area contributed by atoms with Crippen LogP contribution in [0, 0.1) is 5.92 Å². The third-order valence-corrected chi connectivity index (χ3v) is 4.52. The van der Waals surface area contributed by atoms with Crippen molar-refractivity contribution in [3.05, 3.63) is 35.4 Å². The Kier molecular flexibility index (Phi) is 6.55. The second-order valence-electron chi connectivity index (χ2n) is 6.16. The van der Waals surface area contributed by atoms with E-state index in [1.807, 2.05) is 7.05 Å². The quantitative estimate of drug-likeness (QED) is 0.848. The lowest BCUT2D eigenvalue weighted by atomic mass is 9.96. The van der Waals surface area contributed by atoms with Gasteiger partial charge in [-0.05, 0) is 56.4 Å². The van der Waals surface area contributed by atoms with E-state index in [0.29, 0.717) is 0 Å². The third-order valence-electron chi connectivity index (χ3n) is 4.52. The Labute approximate surface area is 124 Å². The van der Waals surface area contributed by atoms with Crippen molar-refractivity contribution in [2.75, 3.05) is 20.1 Å². The molecule has 1 aromatic carbocycles. The smallest absolute Gasteiger partial charge is 0.0236 e. The summed E-state index contributed by atoms with van der Waals surface area (Å²) in [6, 6.07) is 8.87. The molecule has 1 atom stereocenters. The summed E-state index contributed by atoms with van der Waals surface area (Å²) in [5.41, 5.74) is 2.94. The number of nitrogens with one attached hydrogen (secondary N) is 1. The largest absolute Gasteiger partial charge is 0.316 e. The zero-order chi connectivity index (χ0) is 14.2. The number of benzene rings is 1. The van der Waals surface area contributed by atoms with Gasteiger partial charge < -0.3 is 5.32 Å². The van der Waals surface area contributed by atoms with E-state index >= 15 is 0 Å². The lowest BCUT2D eigenvalue weighted by molar-refractivity contribution is 0.270. The van der Waals surface area contributed by atoms with E-state index in [4.69, 9.17) is 0 Å². The molecule has 2 rings (SSSR count). The average Bonchev–Trinajstić information content (AvgIpc) is 2.68. The highest BCUT2D eigenvalue weighted by Gasteiger charge is 2.17. The second kappa shape index (κ2) is 8.43. The standard InChI is InChI=1S/C18H30N2/c1-3-7-16-8-6-12-20(13-11-16)15-18-10-5-4-9-17(18)14-19-2/h4-5,9-10,16,19H,3,6-8,11-15H2,1-2H3. The summed E-state index contributed by atoms with van der Waals surface area (Å²) in [4.78, 5) is 2.66. The van der Waals surface area contributed by atoms with Gasteiger partial charge in [-0.15, -0.1) is 0 Å². The van der Waals surface area contributed by atoms with Crippen molar-refractivity contribution in [3.8, 4) is 0 Å². The number of nitrogens with zero attached hydrogens (tertiary/aromatic N) is 1. The van der Waals surface area contributed by atoms with Gasteiger partial charge in [-0.2, -0.15) is 0 Å². The number of likely N-dealkylation sites (tertiary alicyclic amines) is 1. The Balaban J connectivity index is 1.93. The van der Waals surface area contributed by atoms with Gasteiger partial charge in [-0.25, -0.2) is 0 Å². The fourth-order valence-corrected chi connectivity index (χ4v) is 3.40. The molecule has 0 bridgehead atoms. The number of hydrogen-bond acceptors (Lipinski definition) is 2. The van der Waals surface area contributed by atoms with Crippen LogP contribution in [0.4, 0.5) is 0 Å². The lowest BCUT2D eigenvalue weighted by Gasteiger charge is -2.22. The fourth-order valence-electron chi connectivity index (χ4n) is 3.40. The van der Waals surface area contributed by atoms with E-state index in [9.17, 15) is 0 Å². The molecule has 0 aliphatic carbocycles. The van der Waals surface area contributed by atoms with Crippen LogP contribution in [-0.2, 0) is 13.1 Å². The first kappa shape index (κ1) is 15.5. The lowest BCUT2D eigenvalue weighted by Crippen LogP contribution is -2.25. The van der Waals surface area contributed by atoms with Crippen LogP contribution < -0.4 is 5.32 Å². The van der Waals surface area contributed by atoms with Crippen LogP contribution in [0.1, 0.15) is 50.2 Å². The molecule has 1 aliphatic heterocycles. The molecular formula is C18H30N2. The van der Waals surface area contributed by atoms with E-state index < -0.39 is 0 Å². The summed E-state index contributed by atoms with van der Waals surface area (Å²) in [5.74, 6) is 0.970. The first-order chi connectivity index (χ1) is 9.83. The molecule has 1 aromatic rings. The molecule has 1 saturated heterocycles. The summed E-state index contributed by atoms with van der Waals surface area (Å²) in [6.45, 7) is 6.96. The van der Waals surface area contributed by atoms with Crippen molar-refractivity contribution >= 4 is 0 Å². The Morgan fingerprint density at radius 3 is 2.70 bits per heavy atom. The van der Waals surface area contributed by atoms with Crippen molar-refractivity contribution in [1.29, 1.82) is 0 Å². The van der Waals surface area contributed by atoms with E-state index in [0.717, 1.165) is 19.0 Å². The maximum atomic E-state index is 3.28. The molecule has 1 N–H and O–H groups in total. The van der Waals surface area contributed by atoms with Crippen molar-refractivity contribution < 1.29 is 0 Å². The Bertz CT molecular complexity index is 389. The normalized spacial score (nSPS) is 20.8. The molecule has 0 spiro atoms. The van der Waals surface area contributed by atoms with E-state index in [2.05, 4.69) is 41.4 Å². The molecule has 1 heterocycles. The fraction of sp³-hybridized carbons (Fsp3) is 0.667. The summed E-state index contributed by atoms with van der Waals surface area (Å²) >= 11 is 0. The first-order valence-electron chi connectivity index (χ1n) is 8.27. The Morgan fingerprint density at radius 1 is 1.15 bits per heavy atom. The molecule has 20 heavy (non-hydrogen) atoms. The summed E-state index contributed by atoms with van der Waals surface area (Å²) < 4.78 is 0. The molecule has 1 fully saturated rings. The molecular weight excluding hydrogens is 244 g/mol. The molecule has 2 nitrogen and oxygen atoms in total. The third kappa shape index (κ3) is 4.60. The van der Waals surface area contributed by atoms with Crippen LogP contribution in [0.15, 0.2) is 24.3 Å². The highest BCUT2D eigenvalue weighted by Crippen LogP contribution is 2.23. The van der Waals surface area contributed by atoms with Gasteiger partial charge in [0.25, 0.3) is 0 Å². The number of hydrogen-bond donors (Lipinski definition) is 1. The van der Waals surface area contributed by atoms with Gasteiger partial charge >= 0.3 is 0 Å². The van der Waals surface area contributed by atoms with Crippen molar-refractivity contribution in [2.45, 2.75) is 52.1 Å². The minimum Gasteiger partial charge on any atom is -0.316 e. The monoisotopic (exact) mass is 274 g/mol. The molecule has 1 aliphatic rings. The van der Waals surface area contributed by atoms with Gasteiger partial charge in [0.15, 0.2) is 0 Å². The maximum absolute atomic E-state index is 3.28. The topological polar surface area (TPSA) is 15.3 Å². The van der Waals surface area contributed by atoms with Gasteiger partial charge in [-0.1, -0.05) is 44.0 Å².